The molecule has 0 aliphatic carbocycles. The number of halogens is 2. The number of ether oxygens (including phenoxy) is 1. The average Bonchev–Trinajstić information content (AvgIpc) is 2.41. The molecule has 2 aromatic carbocycles. The molecule has 19 heavy (non-hydrogen) atoms. The van der Waals surface area contributed by atoms with Crippen molar-refractivity contribution in [1.29, 1.82) is 0 Å². The lowest BCUT2D eigenvalue weighted by atomic mass is 10.2. The molecule has 0 heterocycles. The molecule has 3 N–H and O–H groups in total. The van der Waals surface area contributed by atoms with Gasteiger partial charge in [0.1, 0.15) is 11.4 Å². The van der Waals surface area contributed by atoms with Crippen LogP contribution in [0.4, 0.5) is 25.8 Å². The van der Waals surface area contributed by atoms with Crippen LogP contribution in [0.2, 0.25) is 0 Å². The number of rotatable bonds is 4. The summed E-state index contributed by atoms with van der Waals surface area (Å²) in [6.45, 7) is 2.45. The lowest BCUT2D eigenvalue weighted by molar-refractivity contribution is 0.340. The summed E-state index contributed by atoms with van der Waals surface area (Å²) in [6.07, 6.45) is 0. The predicted octanol–water partition coefficient (Wildman–Crippen LogP) is 3.69. The van der Waals surface area contributed by atoms with Crippen LogP contribution < -0.4 is 15.8 Å². The zero-order chi connectivity index (χ0) is 13.8. The van der Waals surface area contributed by atoms with Gasteiger partial charge in [0, 0.05) is 5.69 Å². The van der Waals surface area contributed by atoms with Crippen molar-refractivity contribution >= 4 is 17.1 Å². The largest absolute Gasteiger partial charge is 0.494 e. The van der Waals surface area contributed by atoms with Gasteiger partial charge in [-0.2, -0.15) is 0 Å². The molecule has 0 aromatic heterocycles. The molecule has 0 radical (unpaired) electrons. The summed E-state index contributed by atoms with van der Waals surface area (Å²) < 4.78 is 32.0. The van der Waals surface area contributed by atoms with Gasteiger partial charge in [-0.05, 0) is 43.3 Å². The van der Waals surface area contributed by atoms with Crippen LogP contribution in [-0.4, -0.2) is 6.61 Å². The number of benzene rings is 2. The summed E-state index contributed by atoms with van der Waals surface area (Å²) in [4.78, 5) is 0. The normalized spacial score (nSPS) is 10.3. The predicted molar refractivity (Wildman–Crippen MR) is 71.7 cm³/mol. The van der Waals surface area contributed by atoms with Crippen molar-refractivity contribution in [2.24, 2.45) is 0 Å². The second kappa shape index (κ2) is 5.56. The molecule has 0 saturated carbocycles. The van der Waals surface area contributed by atoms with Crippen LogP contribution >= 0.6 is 0 Å². The molecule has 100 valence electrons. The maximum Gasteiger partial charge on any atom is 0.184 e. The van der Waals surface area contributed by atoms with E-state index in [0.717, 1.165) is 6.07 Å². The standard InChI is InChI=1S/C14H14F2N2O/c1-2-19-10-5-3-9(4-6-10)18-14-12(17)8-7-11(15)13(14)16/h3-8,18H,2,17H2,1H3. The maximum absolute atomic E-state index is 13.6. The van der Waals surface area contributed by atoms with Gasteiger partial charge in [-0.3, -0.25) is 0 Å². The Kier molecular flexibility index (Phi) is 3.85. The highest BCUT2D eigenvalue weighted by Gasteiger charge is 2.11. The van der Waals surface area contributed by atoms with Crippen molar-refractivity contribution in [2.45, 2.75) is 6.92 Å². The molecule has 3 nitrogen and oxygen atoms in total. The van der Waals surface area contributed by atoms with Crippen molar-refractivity contribution in [2.75, 3.05) is 17.7 Å². The van der Waals surface area contributed by atoms with E-state index in [4.69, 9.17) is 10.5 Å². The second-order valence-corrected chi connectivity index (χ2v) is 3.91. The average molecular weight is 264 g/mol. The molecular weight excluding hydrogens is 250 g/mol. The van der Waals surface area contributed by atoms with Crippen LogP contribution in [0.25, 0.3) is 0 Å². The highest BCUT2D eigenvalue weighted by atomic mass is 19.2. The van der Waals surface area contributed by atoms with Gasteiger partial charge in [0.2, 0.25) is 0 Å². The maximum atomic E-state index is 13.6. The lowest BCUT2D eigenvalue weighted by Crippen LogP contribution is -2.01. The Bertz CT molecular complexity index is 570. The third-order valence-electron chi connectivity index (χ3n) is 2.56. The van der Waals surface area contributed by atoms with E-state index in [9.17, 15) is 8.78 Å². The highest BCUT2D eigenvalue weighted by Crippen LogP contribution is 2.28. The molecule has 0 fully saturated rings. The molecule has 5 heteroatoms. The molecule has 0 aliphatic heterocycles. The summed E-state index contributed by atoms with van der Waals surface area (Å²) in [5, 5.41) is 2.76. The number of nitrogen functional groups attached to an aromatic ring is 1. The Morgan fingerprint density at radius 2 is 1.79 bits per heavy atom. The van der Waals surface area contributed by atoms with Crippen molar-refractivity contribution in [3.8, 4) is 5.75 Å². The van der Waals surface area contributed by atoms with E-state index < -0.39 is 11.6 Å². The van der Waals surface area contributed by atoms with Gasteiger partial charge in [0.25, 0.3) is 0 Å². The van der Waals surface area contributed by atoms with Crippen LogP contribution in [0.1, 0.15) is 6.92 Å². The Morgan fingerprint density at radius 1 is 1.11 bits per heavy atom. The van der Waals surface area contributed by atoms with E-state index in [1.807, 2.05) is 6.92 Å². The Morgan fingerprint density at radius 3 is 2.42 bits per heavy atom. The van der Waals surface area contributed by atoms with Crippen LogP contribution in [0.15, 0.2) is 36.4 Å². The third kappa shape index (κ3) is 2.93. The van der Waals surface area contributed by atoms with Gasteiger partial charge in [-0.25, -0.2) is 8.78 Å². The van der Waals surface area contributed by atoms with Gasteiger partial charge >= 0.3 is 0 Å². The summed E-state index contributed by atoms with van der Waals surface area (Å²) in [5.74, 6) is -1.22. The Hall–Kier alpha value is -2.30. The van der Waals surface area contributed by atoms with E-state index in [2.05, 4.69) is 5.32 Å². The number of nitrogens with one attached hydrogen (secondary N) is 1. The van der Waals surface area contributed by atoms with Gasteiger partial charge in [0.05, 0.1) is 12.3 Å². The summed E-state index contributed by atoms with van der Waals surface area (Å²) in [7, 11) is 0. The van der Waals surface area contributed by atoms with Crippen molar-refractivity contribution in [1.82, 2.24) is 0 Å². The fourth-order valence-electron chi connectivity index (χ4n) is 1.64. The van der Waals surface area contributed by atoms with Gasteiger partial charge < -0.3 is 15.8 Å². The van der Waals surface area contributed by atoms with Crippen molar-refractivity contribution in [3.05, 3.63) is 48.0 Å². The van der Waals surface area contributed by atoms with Crippen LogP contribution in [-0.2, 0) is 0 Å². The number of anilines is 3. The van der Waals surface area contributed by atoms with E-state index in [0.29, 0.717) is 18.0 Å². The minimum atomic E-state index is -0.992. The minimum Gasteiger partial charge on any atom is -0.494 e. The van der Waals surface area contributed by atoms with E-state index >= 15 is 0 Å². The van der Waals surface area contributed by atoms with E-state index in [1.54, 1.807) is 24.3 Å². The molecular formula is C14H14F2N2O. The first-order valence-electron chi connectivity index (χ1n) is 5.85. The van der Waals surface area contributed by atoms with Crippen molar-refractivity contribution < 1.29 is 13.5 Å². The highest BCUT2D eigenvalue weighted by molar-refractivity contribution is 5.73. The lowest BCUT2D eigenvalue weighted by Gasteiger charge is -2.11. The first-order valence-corrected chi connectivity index (χ1v) is 5.85. The molecule has 0 saturated heterocycles. The third-order valence-corrected chi connectivity index (χ3v) is 2.56. The van der Waals surface area contributed by atoms with E-state index in [1.165, 1.54) is 6.07 Å². The van der Waals surface area contributed by atoms with Gasteiger partial charge in [-0.1, -0.05) is 0 Å². The molecule has 0 spiro atoms. The molecule has 0 aliphatic rings. The number of hydrogen-bond donors (Lipinski definition) is 2. The van der Waals surface area contributed by atoms with Crippen LogP contribution in [0.5, 0.6) is 5.75 Å². The molecule has 2 rings (SSSR count). The number of hydrogen-bond acceptors (Lipinski definition) is 3. The monoisotopic (exact) mass is 264 g/mol. The first kappa shape index (κ1) is 13.1. The zero-order valence-corrected chi connectivity index (χ0v) is 10.4. The van der Waals surface area contributed by atoms with Crippen LogP contribution in [0.3, 0.4) is 0 Å². The molecule has 0 unspecified atom stereocenters. The quantitative estimate of drug-likeness (QED) is 0.828. The van der Waals surface area contributed by atoms with Crippen molar-refractivity contribution in [3.63, 3.8) is 0 Å². The molecule has 0 bridgehead atoms. The number of nitrogens with two attached hydrogens (primary N) is 1. The zero-order valence-electron chi connectivity index (χ0n) is 10.4. The van der Waals surface area contributed by atoms with Crippen LogP contribution in [0, 0.1) is 11.6 Å². The van der Waals surface area contributed by atoms with E-state index in [-0.39, 0.29) is 11.4 Å². The molecule has 2 aromatic rings. The smallest absolute Gasteiger partial charge is 0.184 e. The summed E-state index contributed by atoms with van der Waals surface area (Å²) >= 11 is 0. The molecule has 0 amide bonds. The Balaban J connectivity index is 2.24. The minimum absolute atomic E-state index is 0.0656. The first-order chi connectivity index (χ1) is 9.11. The Labute approximate surface area is 110 Å². The summed E-state index contributed by atoms with van der Waals surface area (Å²) in [5.41, 5.74) is 6.30. The van der Waals surface area contributed by atoms with Gasteiger partial charge in [-0.15, -0.1) is 0 Å². The topological polar surface area (TPSA) is 47.3 Å². The van der Waals surface area contributed by atoms with Gasteiger partial charge in [0.15, 0.2) is 11.6 Å². The fraction of sp³-hybridized carbons (Fsp3) is 0.143. The fourth-order valence-corrected chi connectivity index (χ4v) is 1.64. The molecule has 0 atom stereocenters. The summed E-state index contributed by atoms with van der Waals surface area (Å²) in [6, 6.07) is 9.19. The second-order valence-electron chi connectivity index (χ2n) is 3.91. The SMILES string of the molecule is CCOc1ccc(Nc2c(N)ccc(F)c2F)cc1.